The van der Waals surface area contributed by atoms with Crippen molar-refractivity contribution in [1.82, 2.24) is 0 Å². The number of hydrogen-bond acceptors (Lipinski definition) is 5. The first kappa shape index (κ1) is 21.3. The number of carbonyl (C=O) groups is 1. The highest BCUT2D eigenvalue weighted by molar-refractivity contribution is 6.00. The van der Waals surface area contributed by atoms with Gasteiger partial charge in [0.1, 0.15) is 11.6 Å². The van der Waals surface area contributed by atoms with Crippen LogP contribution in [0.15, 0.2) is 36.4 Å². The number of ether oxygens (including phenoxy) is 1. The van der Waals surface area contributed by atoms with Crippen LogP contribution in [0.2, 0.25) is 0 Å². The Balaban J connectivity index is 2.20. The fourth-order valence-electron chi connectivity index (χ4n) is 2.29. The van der Waals surface area contributed by atoms with Crippen molar-refractivity contribution in [3.8, 4) is 5.75 Å². The van der Waals surface area contributed by atoms with E-state index < -0.39 is 30.6 Å². The Labute approximate surface area is 156 Å². The van der Waals surface area contributed by atoms with Gasteiger partial charge in [0, 0.05) is 35.6 Å². The van der Waals surface area contributed by atoms with Crippen LogP contribution in [0.5, 0.6) is 5.75 Å². The topological polar surface area (TPSA) is 103 Å². The molecule has 11 heteroatoms. The Bertz CT molecular complexity index is 831. The fourth-order valence-corrected chi connectivity index (χ4v) is 2.29. The first-order valence-electron chi connectivity index (χ1n) is 7.93. The molecule has 7 nitrogen and oxygen atoms in total. The molecule has 0 unspecified atom stereocenters. The molecule has 0 aliphatic heterocycles. The fraction of sp³-hybridized carbons (Fsp3) is 0.235. The van der Waals surface area contributed by atoms with Crippen molar-refractivity contribution in [3.05, 3.63) is 47.8 Å². The molecule has 5 N–H and O–H groups in total. The number of urea groups is 1. The van der Waals surface area contributed by atoms with Crippen molar-refractivity contribution in [3.63, 3.8) is 0 Å². The maximum absolute atomic E-state index is 13.6. The second kappa shape index (κ2) is 9.24. The van der Waals surface area contributed by atoms with E-state index in [4.69, 9.17) is 5.11 Å². The molecule has 2 aromatic rings. The van der Waals surface area contributed by atoms with Crippen LogP contribution in [-0.2, 0) is 6.61 Å². The Morgan fingerprint density at radius 2 is 1.79 bits per heavy atom. The maximum Gasteiger partial charge on any atom is 0.573 e. The molecule has 28 heavy (non-hydrogen) atoms. The van der Waals surface area contributed by atoms with Gasteiger partial charge in [-0.15, -0.1) is 13.2 Å². The molecule has 0 aliphatic rings. The van der Waals surface area contributed by atoms with Gasteiger partial charge >= 0.3 is 12.4 Å². The highest BCUT2D eigenvalue weighted by atomic mass is 19.4. The molecular weight excluding hydrogens is 386 g/mol. The first-order chi connectivity index (χ1) is 13.2. The van der Waals surface area contributed by atoms with Crippen LogP contribution in [0.1, 0.15) is 5.56 Å². The van der Waals surface area contributed by atoms with E-state index in [2.05, 4.69) is 20.7 Å². The molecule has 0 saturated heterocycles. The maximum atomic E-state index is 13.6. The zero-order valence-electron chi connectivity index (χ0n) is 14.3. The van der Waals surface area contributed by atoms with Gasteiger partial charge in [-0.25, -0.2) is 9.18 Å². The third kappa shape index (κ3) is 6.28. The molecule has 0 fully saturated rings. The zero-order valence-corrected chi connectivity index (χ0v) is 14.3. The Kier molecular flexibility index (Phi) is 7.01. The smallest absolute Gasteiger partial charge is 0.406 e. The molecule has 2 aromatic carbocycles. The number of aliphatic hydroxyl groups excluding tert-OH is 2. The highest BCUT2D eigenvalue weighted by Crippen LogP contribution is 2.29. The SMILES string of the molecule is O=C(Nc1cc(NCCO)cc(OC(F)(F)F)c1)Nc1cccc(F)c1CO. The zero-order chi connectivity index (χ0) is 20.7. The van der Waals surface area contributed by atoms with Gasteiger partial charge in [0.2, 0.25) is 0 Å². The third-order valence-electron chi connectivity index (χ3n) is 3.36. The van der Waals surface area contributed by atoms with Crippen LogP contribution in [0.25, 0.3) is 0 Å². The quantitative estimate of drug-likeness (QED) is 0.457. The molecule has 0 atom stereocenters. The van der Waals surface area contributed by atoms with Crippen molar-refractivity contribution in [2.45, 2.75) is 13.0 Å². The number of aliphatic hydroxyl groups is 2. The van der Waals surface area contributed by atoms with Gasteiger partial charge in [-0.3, -0.25) is 0 Å². The summed E-state index contributed by atoms with van der Waals surface area (Å²) >= 11 is 0. The second-order valence-corrected chi connectivity index (χ2v) is 5.45. The first-order valence-corrected chi connectivity index (χ1v) is 7.93. The van der Waals surface area contributed by atoms with Crippen LogP contribution in [0.4, 0.5) is 39.4 Å². The lowest BCUT2D eigenvalue weighted by molar-refractivity contribution is -0.274. The van der Waals surface area contributed by atoms with E-state index in [0.29, 0.717) is 0 Å². The predicted molar refractivity (Wildman–Crippen MR) is 93.7 cm³/mol. The summed E-state index contributed by atoms with van der Waals surface area (Å²) in [6, 6.07) is 6.20. The minimum atomic E-state index is -4.94. The van der Waals surface area contributed by atoms with Gasteiger partial charge in [-0.2, -0.15) is 0 Å². The lowest BCUT2D eigenvalue weighted by atomic mass is 10.2. The number of alkyl halides is 3. The molecule has 0 heterocycles. The van der Waals surface area contributed by atoms with Gasteiger partial charge in [0.05, 0.1) is 18.9 Å². The molecule has 0 radical (unpaired) electrons. The van der Waals surface area contributed by atoms with E-state index in [-0.39, 0.29) is 35.8 Å². The third-order valence-corrected chi connectivity index (χ3v) is 3.36. The molecule has 0 saturated carbocycles. The van der Waals surface area contributed by atoms with E-state index in [0.717, 1.165) is 18.2 Å². The lowest BCUT2D eigenvalue weighted by Crippen LogP contribution is -2.21. The van der Waals surface area contributed by atoms with E-state index in [1.54, 1.807) is 0 Å². The predicted octanol–water partition coefficient (Wildman–Crippen LogP) is 3.26. The molecule has 2 rings (SSSR count). The number of hydrogen-bond donors (Lipinski definition) is 5. The van der Waals surface area contributed by atoms with Gasteiger partial charge in [0.25, 0.3) is 0 Å². The highest BCUT2D eigenvalue weighted by Gasteiger charge is 2.31. The lowest BCUT2D eigenvalue weighted by Gasteiger charge is -2.15. The molecule has 0 bridgehead atoms. The average Bonchev–Trinajstić information content (AvgIpc) is 2.58. The summed E-state index contributed by atoms with van der Waals surface area (Å²) in [5.41, 5.74) is -0.0343. The molecular formula is C17H17F4N3O4. The van der Waals surface area contributed by atoms with Gasteiger partial charge < -0.3 is 30.9 Å². The number of benzene rings is 2. The van der Waals surface area contributed by atoms with Crippen molar-refractivity contribution in [2.75, 3.05) is 29.1 Å². The van der Waals surface area contributed by atoms with E-state index >= 15 is 0 Å². The monoisotopic (exact) mass is 403 g/mol. The van der Waals surface area contributed by atoms with Crippen molar-refractivity contribution < 1.29 is 37.3 Å². The summed E-state index contributed by atoms with van der Waals surface area (Å²) in [5.74, 6) is -1.32. The average molecular weight is 403 g/mol. The van der Waals surface area contributed by atoms with E-state index in [9.17, 15) is 27.5 Å². The number of carbonyl (C=O) groups excluding carboxylic acids is 1. The van der Waals surface area contributed by atoms with Gasteiger partial charge in [-0.1, -0.05) is 6.07 Å². The van der Waals surface area contributed by atoms with E-state index in [1.165, 1.54) is 18.2 Å². The van der Waals surface area contributed by atoms with Crippen molar-refractivity contribution in [1.29, 1.82) is 0 Å². The summed E-state index contributed by atoms with van der Waals surface area (Å²) in [5, 5.41) is 25.3. The number of halogens is 4. The van der Waals surface area contributed by atoms with E-state index in [1.807, 2.05) is 0 Å². The summed E-state index contributed by atoms with van der Waals surface area (Å²) in [6.07, 6.45) is -4.94. The van der Waals surface area contributed by atoms with Gasteiger partial charge in [0.15, 0.2) is 0 Å². The molecule has 0 aromatic heterocycles. The second-order valence-electron chi connectivity index (χ2n) is 5.45. The molecule has 2 amide bonds. The molecule has 0 spiro atoms. The van der Waals surface area contributed by atoms with Crippen molar-refractivity contribution in [2.24, 2.45) is 0 Å². The van der Waals surface area contributed by atoms with Crippen LogP contribution in [-0.4, -0.2) is 35.8 Å². The van der Waals surface area contributed by atoms with Crippen LogP contribution >= 0.6 is 0 Å². The van der Waals surface area contributed by atoms with Gasteiger partial charge in [-0.05, 0) is 18.2 Å². The van der Waals surface area contributed by atoms with Crippen LogP contribution in [0, 0.1) is 5.82 Å². The minimum absolute atomic E-state index is 0.00123. The Morgan fingerprint density at radius 3 is 2.43 bits per heavy atom. The summed E-state index contributed by atoms with van der Waals surface area (Å²) < 4.78 is 54.9. The number of nitrogens with one attached hydrogen (secondary N) is 3. The number of anilines is 3. The normalized spacial score (nSPS) is 11.1. The number of amides is 2. The molecule has 0 aliphatic carbocycles. The number of rotatable bonds is 7. The Morgan fingerprint density at radius 1 is 1.07 bits per heavy atom. The standard InChI is InChI=1S/C17H17F4N3O4/c18-14-2-1-3-15(13(14)9-26)24-16(27)23-11-6-10(22-4-5-25)7-12(8-11)28-17(19,20)21/h1-3,6-8,22,25-26H,4-5,9H2,(H2,23,24,27). The molecule has 152 valence electrons. The summed E-state index contributed by atoms with van der Waals surface area (Å²) in [4.78, 5) is 12.1. The minimum Gasteiger partial charge on any atom is -0.406 e. The van der Waals surface area contributed by atoms with Crippen LogP contribution in [0.3, 0.4) is 0 Å². The van der Waals surface area contributed by atoms with Crippen molar-refractivity contribution >= 4 is 23.1 Å². The Hall–Kier alpha value is -3.05. The van der Waals surface area contributed by atoms with Crippen LogP contribution < -0.4 is 20.7 Å². The largest absolute Gasteiger partial charge is 0.573 e. The summed E-state index contributed by atoms with van der Waals surface area (Å²) in [7, 11) is 0. The summed E-state index contributed by atoms with van der Waals surface area (Å²) in [6.45, 7) is -0.867.